The summed E-state index contributed by atoms with van der Waals surface area (Å²) in [6.07, 6.45) is 2.95. The Labute approximate surface area is 91.2 Å². The Kier molecular flexibility index (Phi) is 2.72. The van der Waals surface area contributed by atoms with Gasteiger partial charge in [0.25, 0.3) is 0 Å². The normalized spacial score (nSPS) is 11.2. The number of fused-ring (bicyclic) bond motifs is 1. The van der Waals surface area contributed by atoms with Crippen LogP contribution in [0.1, 0.15) is 37.8 Å². The van der Waals surface area contributed by atoms with E-state index >= 15 is 0 Å². The van der Waals surface area contributed by atoms with Crippen LogP contribution in [-0.2, 0) is 6.42 Å². The third kappa shape index (κ3) is 1.74. The molecule has 0 amide bonds. The predicted octanol–water partition coefficient (Wildman–Crippen LogP) is 3.92. The maximum absolute atomic E-state index is 4.40. The molecular formula is C14H17N. The van der Waals surface area contributed by atoms with Crippen LogP contribution < -0.4 is 0 Å². The van der Waals surface area contributed by atoms with Crippen molar-refractivity contribution in [2.24, 2.45) is 0 Å². The van der Waals surface area contributed by atoms with E-state index in [9.17, 15) is 0 Å². The smallest absolute Gasteiger partial charge is 0.0705 e. The maximum atomic E-state index is 4.40. The molecule has 1 nitrogen and oxygen atoms in total. The summed E-state index contributed by atoms with van der Waals surface area (Å²) in [6.45, 7) is 6.71. The summed E-state index contributed by atoms with van der Waals surface area (Å²) in [5.74, 6) is 0.563. The van der Waals surface area contributed by atoms with Gasteiger partial charge < -0.3 is 0 Å². The molecular weight excluding hydrogens is 182 g/mol. The minimum absolute atomic E-state index is 0.563. The molecule has 1 heteroatoms. The highest BCUT2D eigenvalue weighted by Crippen LogP contribution is 2.28. The van der Waals surface area contributed by atoms with Crippen LogP contribution in [0, 0.1) is 0 Å². The average Bonchev–Trinajstić information content (AvgIpc) is 2.27. The van der Waals surface area contributed by atoms with Gasteiger partial charge in [-0.1, -0.05) is 32.9 Å². The van der Waals surface area contributed by atoms with Gasteiger partial charge in [-0.25, -0.2) is 0 Å². The quantitative estimate of drug-likeness (QED) is 0.714. The molecule has 0 unspecified atom stereocenters. The molecule has 1 heterocycles. The number of aryl methyl sites for hydroxylation is 1. The first-order valence-electron chi connectivity index (χ1n) is 5.60. The van der Waals surface area contributed by atoms with Crippen LogP contribution in [0.5, 0.6) is 0 Å². The molecule has 0 saturated heterocycles. The van der Waals surface area contributed by atoms with Crippen molar-refractivity contribution < 1.29 is 0 Å². The van der Waals surface area contributed by atoms with Crippen LogP contribution in [0.2, 0.25) is 0 Å². The van der Waals surface area contributed by atoms with E-state index in [1.54, 1.807) is 0 Å². The van der Waals surface area contributed by atoms with Gasteiger partial charge in [-0.3, -0.25) is 4.98 Å². The fraction of sp³-hybridized carbons (Fsp3) is 0.357. The molecule has 0 radical (unpaired) electrons. The van der Waals surface area contributed by atoms with Gasteiger partial charge in [-0.05, 0) is 35.6 Å². The Bertz CT molecular complexity index is 472. The molecule has 0 aliphatic heterocycles. The first kappa shape index (κ1) is 10.2. The van der Waals surface area contributed by atoms with E-state index in [0.717, 1.165) is 11.9 Å². The summed E-state index contributed by atoms with van der Waals surface area (Å²) in [6, 6.07) is 8.54. The van der Waals surface area contributed by atoms with Crippen molar-refractivity contribution in [2.45, 2.75) is 33.1 Å². The second kappa shape index (κ2) is 4.01. The topological polar surface area (TPSA) is 12.9 Å². The molecule has 0 fully saturated rings. The average molecular weight is 199 g/mol. The molecule has 0 saturated carbocycles. The molecule has 1 aromatic heterocycles. The van der Waals surface area contributed by atoms with Gasteiger partial charge in [0.05, 0.1) is 5.52 Å². The van der Waals surface area contributed by atoms with E-state index in [2.05, 4.69) is 44.0 Å². The van der Waals surface area contributed by atoms with Crippen molar-refractivity contribution in [1.82, 2.24) is 4.98 Å². The first-order chi connectivity index (χ1) is 7.24. The summed E-state index contributed by atoms with van der Waals surface area (Å²) in [4.78, 5) is 4.40. The molecule has 0 aliphatic carbocycles. The largest absolute Gasteiger partial charge is 0.256 e. The van der Waals surface area contributed by atoms with E-state index < -0.39 is 0 Å². The lowest BCUT2D eigenvalue weighted by molar-refractivity contribution is 0.854. The van der Waals surface area contributed by atoms with Gasteiger partial charge in [0.1, 0.15) is 0 Å². The highest BCUT2D eigenvalue weighted by atomic mass is 14.6. The summed E-state index contributed by atoms with van der Waals surface area (Å²) >= 11 is 0. The van der Waals surface area contributed by atoms with Crippen LogP contribution >= 0.6 is 0 Å². The van der Waals surface area contributed by atoms with Crippen molar-refractivity contribution in [1.29, 1.82) is 0 Å². The molecule has 0 N–H and O–H groups in total. The zero-order valence-corrected chi connectivity index (χ0v) is 9.62. The van der Waals surface area contributed by atoms with Crippen molar-refractivity contribution in [3.05, 3.63) is 41.6 Å². The third-order valence-electron chi connectivity index (χ3n) is 2.88. The Balaban J connectivity index is 2.79. The van der Waals surface area contributed by atoms with E-state index in [1.807, 2.05) is 12.3 Å². The lowest BCUT2D eigenvalue weighted by Gasteiger charge is -2.14. The fourth-order valence-electron chi connectivity index (χ4n) is 2.21. The molecule has 0 bridgehead atoms. The summed E-state index contributed by atoms with van der Waals surface area (Å²) in [7, 11) is 0. The Morgan fingerprint density at radius 3 is 2.67 bits per heavy atom. The number of nitrogens with zero attached hydrogens (tertiary/aromatic N) is 1. The summed E-state index contributed by atoms with van der Waals surface area (Å²) in [5, 5.41) is 1.31. The van der Waals surface area contributed by atoms with E-state index in [4.69, 9.17) is 0 Å². The Hall–Kier alpha value is -1.37. The highest BCUT2D eigenvalue weighted by molar-refractivity contribution is 5.83. The van der Waals surface area contributed by atoms with Gasteiger partial charge in [-0.2, -0.15) is 0 Å². The van der Waals surface area contributed by atoms with Gasteiger partial charge in [0, 0.05) is 11.6 Å². The SMILES string of the molecule is CCc1ccc2ncccc2c1C(C)C. The van der Waals surface area contributed by atoms with E-state index in [1.165, 1.54) is 16.5 Å². The second-order valence-electron chi connectivity index (χ2n) is 4.22. The number of hydrogen-bond acceptors (Lipinski definition) is 1. The summed E-state index contributed by atoms with van der Waals surface area (Å²) < 4.78 is 0. The minimum atomic E-state index is 0.563. The molecule has 1 aromatic carbocycles. The minimum Gasteiger partial charge on any atom is -0.256 e. The second-order valence-corrected chi connectivity index (χ2v) is 4.22. The van der Waals surface area contributed by atoms with E-state index in [0.29, 0.717) is 5.92 Å². The molecule has 78 valence electrons. The van der Waals surface area contributed by atoms with Crippen LogP contribution in [0.3, 0.4) is 0 Å². The fourth-order valence-corrected chi connectivity index (χ4v) is 2.21. The van der Waals surface area contributed by atoms with Crippen LogP contribution in [0.25, 0.3) is 10.9 Å². The number of benzene rings is 1. The zero-order valence-electron chi connectivity index (χ0n) is 9.62. The zero-order chi connectivity index (χ0) is 10.8. The van der Waals surface area contributed by atoms with Crippen LogP contribution in [-0.4, -0.2) is 4.98 Å². The Morgan fingerprint density at radius 1 is 1.20 bits per heavy atom. The molecule has 0 atom stereocenters. The highest BCUT2D eigenvalue weighted by Gasteiger charge is 2.09. The van der Waals surface area contributed by atoms with Crippen molar-refractivity contribution in [3.63, 3.8) is 0 Å². The molecule has 0 spiro atoms. The van der Waals surface area contributed by atoms with Crippen molar-refractivity contribution in [3.8, 4) is 0 Å². The standard InChI is InChI=1S/C14H17N/c1-4-11-7-8-13-12(6-5-9-15-13)14(11)10(2)3/h5-10H,4H2,1-3H3. The molecule has 2 rings (SSSR count). The first-order valence-corrected chi connectivity index (χ1v) is 5.60. The lowest BCUT2D eigenvalue weighted by atomic mass is 9.92. The summed E-state index contributed by atoms with van der Waals surface area (Å²) in [5.41, 5.74) is 4.02. The van der Waals surface area contributed by atoms with Crippen molar-refractivity contribution >= 4 is 10.9 Å². The van der Waals surface area contributed by atoms with Crippen LogP contribution in [0.4, 0.5) is 0 Å². The van der Waals surface area contributed by atoms with Gasteiger partial charge in [-0.15, -0.1) is 0 Å². The molecule has 2 aromatic rings. The number of rotatable bonds is 2. The van der Waals surface area contributed by atoms with Gasteiger partial charge in [0.2, 0.25) is 0 Å². The molecule has 15 heavy (non-hydrogen) atoms. The number of pyridine rings is 1. The Morgan fingerprint density at radius 2 is 2.00 bits per heavy atom. The van der Waals surface area contributed by atoms with Gasteiger partial charge >= 0.3 is 0 Å². The monoisotopic (exact) mass is 199 g/mol. The van der Waals surface area contributed by atoms with E-state index in [-0.39, 0.29) is 0 Å². The number of hydrogen-bond donors (Lipinski definition) is 0. The lowest BCUT2D eigenvalue weighted by Crippen LogP contribution is -1.97. The predicted molar refractivity (Wildman–Crippen MR) is 65.2 cm³/mol. The maximum Gasteiger partial charge on any atom is 0.0705 e. The third-order valence-corrected chi connectivity index (χ3v) is 2.88. The molecule has 0 aliphatic rings. The van der Waals surface area contributed by atoms with Crippen LogP contribution in [0.15, 0.2) is 30.5 Å². The van der Waals surface area contributed by atoms with Gasteiger partial charge in [0.15, 0.2) is 0 Å². The number of aromatic nitrogens is 1. The van der Waals surface area contributed by atoms with Crippen molar-refractivity contribution in [2.75, 3.05) is 0 Å².